The van der Waals surface area contributed by atoms with Gasteiger partial charge >= 0.3 is 5.97 Å². The first-order valence-electron chi connectivity index (χ1n) is 14.3. The smallest absolute Gasteiger partial charge is 0.341 e. The number of rotatable bonds is 7. The quantitative estimate of drug-likeness (QED) is 0.107. The van der Waals surface area contributed by atoms with Crippen LogP contribution in [-0.2, 0) is 35.2 Å². The van der Waals surface area contributed by atoms with Crippen molar-refractivity contribution < 1.29 is 14.3 Å². The monoisotopic (exact) mass is 607 g/mol. The number of carbonyl (C=O) groups excluding carboxylic acids is 2. The van der Waals surface area contributed by atoms with E-state index in [1.165, 1.54) is 28.0 Å². The number of carbonyl (C=O) groups is 2. The van der Waals surface area contributed by atoms with Crippen LogP contribution in [0, 0.1) is 5.92 Å². The molecule has 0 saturated heterocycles. The molecular formula is C31H33N3O4S3. The van der Waals surface area contributed by atoms with Crippen LogP contribution < -0.4 is 10.9 Å². The van der Waals surface area contributed by atoms with Crippen LogP contribution in [0.5, 0.6) is 0 Å². The van der Waals surface area contributed by atoms with E-state index in [4.69, 9.17) is 9.72 Å². The van der Waals surface area contributed by atoms with Crippen molar-refractivity contribution in [1.82, 2.24) is 9.55 Å². The summed E-state index contributed by atoms with van der Waals surface area (Å²) in [5.41, 5.74) is 3.32. The first-order valence-corrected chi connectivity index (χ1v) is 16.9. The molecule has 6 rings (SSSR count). The van der Waals surface area contributed by atoms with Gasteiger partial charge in [-0.1, -0.05) is 43.3 Å². The molecule has 0 fully saturated rings. The number of benzene rings is 1. The Morgan fingerprint density at radius 3 is 2.68 bits per heavy atom. The first-order chi connectivity index (χ1) is 19.9. The Morgan fingerprint density at radius 2 is 1.88 bits per heavy atom. The summed E-state index contributed by atoms with van der Waals surface area (Å²) < 4.78 is 7.01. The number of thioether (sulfide) groups is 1. The van der Waals surface area contributed by atoms with Crippen LogP contribution in [0.2, 0.25) is 0 Å². The second-order valence-corrected chi connectivity index (χ2v) is 13.9. The topological polar surface area (TPSA) is 90.3 Å². The van der Waals surface area contributed by atoms with E-state index in [0.717, 1.165) is 77.9 Å². The number of nitrogens with zero attached hydrogens (tertiary/aromatic N) is 2. The highest BCUT2D eigenvalue weighted by molar-refractivity contribution is 7.99. The Labute approximate surface area is 251 Å². The minimum Gasteiger partial charge on any atom is -0.462 e. The molecule has 0 saturated carbocycles. The number of amides is 1. The summed E-state index contributed by atoms with van der Waals surface area (Å²) in [5.74, 6) is 0.0231. The summed E-state index contributed by atoms with van der Waals surface area (Å²) in [4.78, 5) is 48.3. The normalized spacial score (nSPS) is 16.6. The molecule has 1 atom stereocenters. The number of anilines is 1. The maximum absolute atomic E-state index is 14.0. The predicted molar refractivity (Wildman–Crippen MR) is 167 cm³/mol. The van der Waals surface area contributed by atoms with E-state index in [1.54, 1.807) is 22.8 Å². The van der Waals surface area contributed by atoms with Crippen molar-refractivity contribution in [3.63, 3.8) is 0 Å². The molecule has 7 nitrogen and oxygen atoms in total. The van der Waals surface area contributed by atoms with Gasteiger partial charge in [-0.2, -0.15) is 0 Å². The minimum atomic E-state index is -0.379. The molecule has 0 radical (unpaired) electrons. The van der Waals surface area contributed by atoms with Gasteiger partial charge in [-0.05, 0) is 81.0 Å². The minimum absolute atomic E-state index is 0.0533. The van der Waals surface area contributed by atoms with Gasteiger partial charge in [-0.25, -0.2) is 9.78 Å². The summed E-state index contributed by atoms with van der Waals surface area (Å²) in [7, 11) is 0. The molecule has 1 aromatic carbocycles. The second kappa shape index (κ2) is 12.1. The highest BCUT2D eigenvalue weighted by Crippen LogP contribution is 2.39. The summed E-state index contributed by atoms with van der Waals surface area (Å²) in [6.07, 6.45) is 7.90. The van der Waals surface area contributed by atoms with E-state index in [0.29, 0.717) is 27.0 Å². The molecule has 3 heterocycles. The van der Waals surface area contributed by atoms with Gasteiger partial charge in [0.15, 0.2) is 5.16 Å². The number of aromatic nitrogens is 2. The van der Waals surface area contributed by atoms with Crippen LogP contribution in [-0.4, -0.2) is 33.8 Å². The zero-order valence-corrected chi connectivity index (χ0v) is 25.7. The fourth-order valence-electron chi connectivity index (χ4n) is 5.82. The van der Waals surface area contributed by atoms with Crippen molar-refractivity contribution in [2.75, 3.05) is 17.7 Å². The lowest BCUT2D eigenvalue weighted by Gasteiger charge is -2.17. The highest BCUT2D eigenvalue weighted by atomic mass is 32.2. The van der Waals surface area contributed by atoms with E-state index in [1.807, 2.05) is 30.3 Å². The first kappa shape index (κ1) is 28.2. The Bertz CT molecular complexity index is 1670. The predicted octanol–water partition coefficient (Wildman–Crippen LogP) is 6.81. The van der Waals surface area contributed by atoms with Gasteiger partial charge in [0.05, 0.1) is 29.0 Å². The molecule has 3 aromatic heterocycles. The van der Waals surface area contributed by atoms with E-state index < -0.39 is 0 Å². The fourth-order valence-corrected chi connectivity index (χ4v) is 9.35. The number of fused-ring (bicyclic) bond motifs is 4. The molecule has 41 heavy (non-hydrogen) atoms. The van der Waals surface area contributed by atoms with E-state index in [2.05, 4.69) is 12.2 Å². The van der Waals surface area contributed by atoms with Crippen molar-refractivity contribution in [3.05, 3.63) is 67.1 Å². The summed E-state index contributed by atoms with van der Waals surface area (Å²) in [6, 6.07) is 9.50. The Hall–Kier alpha value is -2.95. The van der Waals surface area contributed by atoms with Gasteiger partial charge in [0.25, 0.3) is 5.56 Å². The summed E-state index contributed by atoms with van der Waals surface area (Å²) in [6.45, 7) is 4.32. The van der Waals surface area contributed by atoms with Crippen LogP contribution in [0.25, 0.3) is 15.9 Å². The van der Waals surface area contributed by atoms with Crippen LogP contribution in [0.1, 0.15) is 70.8 Å². The van der Waals surface area contributed by atoms with Gasteiger partial charge in [-0.15, -0.1) is 22.7 Å². The largest absolute Gasteiger partial charge is 0.462 e. The standard InChI is InChI=1S/C31H33N3O4S3/c1-3-38-30(37)26-20-12-8-5-9-13-22(20)40-28(26)32-24(35)17-39-31-33-27-25(21-15-14-18(2)16-23(21)41-27)29(36)34(31)19-10-6-4-7-11-19/h4,6-7,10-11,18H,3,5,8-9,12-17H2,1-2H3,(H,32,35)/t18-/m1/s1. The van der Waals surface area contributed by atoms with Gasteiger partial charge in [0, 0.05) is 9.75 Å². The highest BCUT2D eigenvalue weighted by Gasteiger charge is 2.28. The maximum atomic E-state index is 14.0. The lowest BCUT2D eigenvalue weighted by molar-refractivity contribution is -0.113. The average molecular weight is 608 g/mol. The van der Waals surface area contributed by atoms with Crippen LogP contribution in [0.15, 0.2) is 40.3 Å². The number of aryl methyl sites for hydroxylation is 2. The molecule has 2 aliphatic carbocycles. The zero-order chi connectivity index (χ0) is 28.5. The van der Waals surface area contributed by atoms with Crippen LogP contribution >= 0.6 is 34.4 Å². The number of nitrogens with one attached hydrogen (secondary N) is 1. The summed E-state index contributed by atoms with van der Waals surface area (Å²) >= 11 is 4.34. The molecular weight excluding hydrogens is 575 g/mol. The van der Waals surface area contributed by atoms with Gasteiger partial charge in [0.1, 0.15) is 9.83 Å². The van der Waals surface area contributed by atoms with Crippen molar-refractivity contribution in [1.29, 1.82) is 0 Å². The Balaban J connectivity index is 1.31. The number of hydrogen-bond acceptors (Lipinski definition) is 8. The third-order valence-electron chi connectivity index (χ3n) is 7.80. The molecule has 214 valence electrons. The zero-order valence-electron chi connectivity index (χ0n) is 23.3. The molecule has 2 aliphatic rings. The van der Waals surface area contributed by atoms with E-state index in [9.17, 15) is 14.4 Å². The Morgan fingerprint density at radius 1 is 1.07 bits per heavy atom. The average Bonchev–Trinajstić information content (AvgIpc) is 3.40. The van der Waals surface area contributed by atoms with Crippen LogP contribution in [0.3, 0.4) is 0 Å². The number of para-hydroxylation sites is 1. The van der Waals surface area contributed by atoms with Gasteiger partial charge < -0.3 is 10.1 Å². The Kier molecular flexibility index (Phi) is 8.33. The molecule has 10 heteroatoms. The number of thiophene rings is 2. The fraction of sp³-hybridized carbons (Fsp3) is 0.419. The lowest BCUT2D eigenvalue weighted by atomic mass is 9.89. The van der Waals surface area contributed by atoms with Gasteiger partial charge in [0.2, 0.25) is 5.91 Å². The lowest BCUT2D eigenvalue weighted by Crippen LogP contribution is -2.23. The van der Waals surface area contributed by atoms with Crippen molar-refractivity contribution in [2.45, 2.75) is 70.4 Å². The number of esters is 1. The number of ether oxygens (including phenoxy) is 1. The second-order valence-electron chi connectivity index (χ2n) is 10.7. The van der Waals surface area contributed by atoms with Crippen LogP contribution in [0.4, 0.5) is 5.00 Å². The molecule has 0 spiro atoms. The maximum Gasteiger partial charge on any atom is 0.341 e. The molecule has 1 N–H and O–H groups in total. The summed E-state index contributed by atoms with van der Waals surface area (Å²) in [5, 5.41) is 4.76. The van der Waals surface area contributed by atoms with Crippen molar-refractivity contribution in [3.8, 4) is 5.69 Å². The molecule has 0 unspecified atom stereocenters. The molecule has 0 bridgehead atoms. The SMILES string of the molecule is CCOC(=O)c1c(NC(=O)CSc2nc3sc4c(c3c(=O)n2-c2ccccc2)CC[C@@H](C)C4)sc2c1CCCCC2. The van der Waals surface area contributed by atoms with E-state index in [-0.39, 0.29) is 29.8 Å². The van der Waals surface area contributed by atoms with E-state index >= 15 is 0 Å². The molecule has 0 aliphatic heterocycles. The molecule has 1 amide bonds. The number of hydrogen-bond donors (Lipinski definition) is 1. The third kappa shape index (κ3) is 5.61. The van der Waals surface area contributed by atoms with Gasteiger partial charge in [-0.3, -0.25) is 14.2 Å². The molecule has 4 aromatic rings. The van der Waals surface area contributed by atoms with Crippen molar-refractivity contribution in [2.24, 2.45) is 5.92 Å². The third-order valence-corrected chi connectivity index (χ3v) is 11.1. The van der Waals surface area contributed by atoms with Crippen molar-refractivity contribution >= 4 is 61.5 Å².